The Balaban J connectivity index is 0.000000194. The van der Waals surface area contributed by atoms with Crippen LogP contribution in [0.4, 0.5) is 0 Å². The molecule has 4 atom stereocenters. The van der Waals surface area contributed by atoms with E-state index in [-0.39, 0.29) is 11.8 Å². The number of nitrogens with zero attached hydrogens (tertiary/aromatic N) is 4. The molecule has 3 heterocycles. The van der Waals surface area contributed by atoms with Gasteiger partial charge in [0.2, 0.25) is 5.88 Å². The highest BCUT2D eigenvalue weighted by Crippen LogP contribution is 2.42. The normalized spacial score (nSPS) is 17.7. The van der Waals surface area contributed by atoms with Crippen molar-refractivity contribution < 1.29 is 38.9 Å². The van der Waals surface area contributed by atoms with Crippen LogP contribution in [0, 0.1) is 18.3 Å². The molecule has 0 spiro atoms. The first kappa shape index (κ1) is 45.8. The Kier molecular flexibility index (Phi) is 14.2. The lowest BCUT2D eigenvalue weighted by Gasteiger charge is -2.29. The van der Waals surface area contributed by atoms with Gasteiger partial charge in [-0.1, -0.05) is 89.9 Å². The highest BCUT2D eigenvalue weighted by molar-refractivity contribution is 6.31. The molecule has 12 nitrogen and oxygen atoms in total. The van der Waals surface area contributed by atoms with Crippen LogP contribution in [-0.2, 0) is 9.59 Å². The zero-order valence-electron chi connectivity index (χ0n) is 35.7. The smallest absolute Gasteiger partial charge is 0.326 e. The fourth-order valence-corrected chi connectivity index (χ4v) is 9.10. The van der Waals surface area contributed by atoms with Crippen molar-refractivity contribution in [2.24, 2.45) is 0 Å². The third-order valence-corrected chi connectivity index (χ3v) is 12.5. The lowest BCUT2D eigenvalue weighted by atomic mass is 9.97. The molecular weight excluding hydrogens is 867 g/mol. The van der Waals surface area contributed by atoms with Gasteiger partial charge in [0, 0.05) is 39.0 Å². The first-order valence-corrected chi connectivity index (χ1v) is 21.5. The number of hydrogen-bond donors (Lipinski definition) is 2. The summed E-state index contributed by atoms with van der Waals surface area (Å²) in [4.78, 5) is 57.8. The number of nitriles is 1. The van der Waals surface area contributed by atoms with Gasteiger partial charge in [-0.3, -0.25) is 9.59 Å². The molecule has 6 aromatic rings. The number of halogens is 2. The van der Waals surface area contributed by atoms with Crippen LogP contribution in [0.3, 0.4) is 0 Å². The van der Waals surface area contributed by atoms with Gasteiger partial charge in [-0.2, -0.15) is 5.26 Å². The van der Waals surface area contributed by atoms with E-state index in [1.165, 1.54) is 16.9 Å². The summed E-state index contributed by atoms with van der Waals surface area (Å²) in [6.07, 6.45) is 3.44. The fraction of sp³-hybridized carbons (Fsp3) is 0.216. The molecular formula is C51H44Cl2N4O8. The number of aryl methyl sites for hydroxylation is 1. The van der Waals surface area contributed by atoms with E-state index in [0.29, 0.717) is 64.0 Å². The monoisotopic (exact) mass is 910 g/mol. The third kappa shape index (κ3) is 9.67. The molecule has 2 N–H and O–H groups in total. The molecule has 5 aromatic carbocycles. The Hall–Kier alpha value is -7.20. The van der Waals surface area contributed by atoms with E-state index in [1.54, 1.807) is 74.0 Å². The minimum atomic E-state index is -1.02. The van der Waals surface area contributed by atoms with E-state index < -0.39 is 36.1 Å². The largest absolute Gasteiger partial charge is 0.496 e. The Morgan fingerprint density at radius 2 is 1.12 bits per heavy atom. The predicted molar refractivity (Wildman–Crippen MR) is 246 cm³/mol. The SMILES string of the molecule is COc1cc(OC)c(-c2ccc(C(=O)N3[C@@H](c4ccccc4Cl)CC[C@H]3C(=O)O)cc2)cn1.Cc1ccc(C#N)cc1-c1ccc(C(=O)N2[C@@H](c3ccccc3Cl)CC[C@H]2C(=O)O)cc1. The molecule has 65 heavy (non-hydrogen) atoms. The molecule has 2 aliphatic heterocycles. The molecule has 2 amide bonds. The van der Waals surface area contributed by atoms with E-state index in [9.17, 15) is 34.7 Å². The summed E-state index contributed by atoms with van der Waals surface area (Å²) in [5, 5.41) is 29.7. The highest BCUT2D eigenvalue weighted by Gasteiger charge is 2.44. The van der Waals surface area contributed by atoms with Gasteiger partial charge in [-0.05, 0) is 115 Å². The summed E-state index contributed by atoms with van der Waals surface area (Å²) in [6, 6.07) is 35.2. The lowest BCUT2D eigenvalue weighted by molar-refractivity contribution is -0.142. The van der Waals surface area contributed by atoms with Gasteiger partial charge in [0.15, 0.2) is 0 Å². The number of amides is 2. The number of methoxy groups -OCH3 is 2. The fourth-order valence-electron chi connectivity index (χ4n) is 8.58. The van der Waals surface area contributed by atoms with Crippen LogP contribution in [0.5, 0.6) is 11.6 Å². The number of aliphatic carboxylic acids is 2. The molecule has 330 valence electrons. The standard InChI is InChI=1S/C26H21ClN2O3.C25H23ClN2O5/c1-16-6-7-17(15-28)14-21(16)18-8-10-19(11-9-18)25(30)29-23(12-13-24(29)26(31)32)20-4-2-3-5-22(20)27;1-32-22-13-23(33-2)27-14-18(22)15-7-9-16(10-8-15)24(29)28-20(11-12-21(28)25(30)31)17-5-3-4-6-19(17)26/h2-11,14,23-24H,12-13H2,1H3,(H,31,32);3-10,13-14,20-21H,11-12H2,1-2H3,(H,30,31)/t23-,24+;20-,21+/m11/s1. The molecule has 2 aliphatic rings. The third-order valence-electron chi connectivity index (χ3n) is 11.9. The van der Waals surface area contributed by atoms with Gasteiger partial charge < -0.3 is 29.5 Å². The van der Waals surface area contributed by atoms with E-state index in [2.05, 4.69) is 11.1 Å². The quantitative estimate of drug-likeness (QED) is 0.135. The molecule has 0 bridgehead atoms. The second-order valence-electron chi connectivity index (χ2n) is 15.6. The van der Waals surface area contributed by atoms with Crippen LogP contribution < -0.4 is 9.47 Å². The topological polar surface area (TPSA) is 170 Å². The highest BCUT2D eigenvalue weighted by atomic mass is 35.5. The first-order valence-electron chi connectivity index (χ1n) is 20.7. The Morgan fingerprint density at radius 3 is 1.55 bits per heavy atom. The summed E-state index contributed by atoms with van der Waals surface area (Å²) < 4.78 is 10.6. The van der Waals surface area contributed by atoms with Gasteiger partial charge >= 0.3 is 11.9 Å². The van der Waals surface area contributed by atoms with Gasteiger partial charge in [0.05, 0.1) is 37.9 Å². The summed E-state index contributed by atoms with van der Waals surface area (Å²) in [5.74, 6) is -1.71. The second kappa shape index (κ2) is 20.1. The van der Waals surface area contributed by atoms with Crippen LogP contribution in [0.2, 0.25) is 10.0 Å². The molecule has 14 heteroatoms. The van der Waals surface area contributed by atoms with Gasteiger partial charge in [0.1, 0.15) is 17.8 Å². The number of carboxylic acids is 2. The molecule has 0 aliphatic carbocycles. The van der Waals surface area contributed by atoms with Crippen LogP contribution in [-0.4, -0.2) is 75.1 Å². The molecule has 0 radical (unpaired) electrons. The number of carbonyl (C=O) groups is 4. The average molecular weight is 912 g/mol. The maximum Gasteiger partial charge on any atom is 0.326 e. The number of rotatable bonds is 10. The van der Waals surface area contributed by atoms with E-state index in [0.717, 1.165) is 38.9 Å². The van der Waals surface area contributed by atoms with Crippen molar-refractivity contribution in [3.8, 4) is 40.0 Å². The van der Waals surface area contributed by atoms with E-state index in [4.69, 9.17) is 32.7 Å². The summed E-state index contributed by atoms with van der Waals surface area (Å²) in [7, 11) is 3.09. The van der Waals surface area contributed by atoms with Crippen LogP contribution >= 0.6 is 23.2 Å². The van der Waals surface area contributed by atoms with Crippen LogP contribution in [0.15, 0.2) is 128 Å². The second-order valence-corrected chi connectivity index (χ2v) is 16.4. The van der Waals surface area contributed by atoms with Crippen molar-refractivity contribution >= 4 is 47.0 Å². The number of carbonyl (C=O) groups excluding carboxylic acids is 2. The van der Waals surface area contributed by atoms with Crippen molar-refractivity contribution in [1.82, 2.24) is 14.8 Å². The van der Waals surface area contributed by atoms with Crippen molar-refractivity contribution in [3.05, 3.63) is 171 Å². The van der Waals surface area contributed by atoms with Gasteiger partial charge in [-0.15, -0.1) is 0 Å². The minimum Gasteiger partial charge on any atom is -0.496 e. The molecule has 0 unspecified atom stereocenters. The number of likely N-dealkylation sites (tertiary alicyclic amines) is 2. The van der Waals surface area contributed by atoms with E-state index >= 15 is 0 Å². The zero-order valence-corrected chi connectivity index (χ0v) is 37.2. The maximum absolute atomic E-state index is 13.5. The number of pyridine rings is 1. The number of aromatic nitrogens is 1. The predicted octanol–water partition coefficient (Wildman–Crippen LogP) is 10.5. The zero-order chi connectivity index (χ0) is 46.4. The van der Waals surface area contributed by atoms with Crippen molar-refractivity contribution in [2.45, 2.75) is 56.8 Å². The molecule has 8 rings (SSSR count). The lowest BCUT2D eigenvalue weighted by Crippen LogP contribution is -2.41. The molecule has 0 saturated carbocycles. The van der Waals surface area contributed by atoms with Crippen LogP contribution in [0.25, 0.3) is 22.3 Å². The molecule has 2 fully saturated rings. The van der Waals surface area contributed by atoms with E-state index in [1.807, 2.05) is 67.6 Å². The van der Waals surface area contributed by atoms with Crippen LogP contribution in [0.1, 0.15) is 80.7 Å². The maximum atomic E-state index is 13.5. The molecule has 2 saturated heterocycles. The number of ether oxygens (including phenoxy) is 2. The van der Waals surface area contributed by atoms with Gasteiger partial charge in [0.25, 0.3) is 11.8 Å². The summed E-state index contributed by atoms with van der Waals surface area (Å²) >= 11 is 12.7. The summed E-state index contributed by atoms with van der Waals surface area (Å²) in [6.45, 7) is 1.96. The first-order chi connectivity index (χ1) is 31.3. The summed E-state index contributed by atoms with van der Waals surface area (Å²) in [5.41, 5.74) is 7.25. The van der Waals surface area contributed by atoms with Crippen molar-refractivity contribution in [1.29, 1.82) is 5.26 Å². The number of hydrogen-bond acceptors (Lipinski definition) is 8. The van der Waals surface area contributed by atoms with Crippen molar-refractivity contribution in [2.75, 3.05) is 14.2 Å². The number of carboxylic acid groups (broad SMARTS) is 2. The minimum absolute atomic E-state index is 0.339. The Labute approximate surface area is 386 Å². The van der Waals surface area contributed by atoms with Gasteiger partial charge in [-0.25, -0.2) is 14.6 Å². The Morgan fingerprint density at radius 1 is 0.646 bits per heavy atom. The van der Waals surface area contributed by atoms with Crippen molar-refractivity contribution in [3.63, 3.8) is 0 Å². The molecule has 1 aromatic heterocycles. The Bertz CT molecular complexity index is 2790. The average Bonchev–Trinajstić information content (AvgIpc) is 3.98. The number of benzene rings is 5.